The van der Waals surface area contributed by atoms with Gasteiger partial charge in [0.25, 0.3) is 11.8 Å². The lowest BCUT2D eigenvalue weighted by atomic mass is 10.1. The summed E-state index contributed by atoms with van der Waals surface area (Å²) in [6, 6.07) is 16.3. The first-order valence-electron chi connectivity index (χ1n) is 8.78. The average molecular weight is 389 g/mol. The number of carbonyl (C=O) groups is 2. The molecule has 0 bridgehead atoms. The zero-order chi connectivity index (χ0) is 19.6. The molecule has 2 aromatic carbocycles. The molecule has 5 rings (SSSR count). The highest BCUT2D eigenvalue weighted by atomic mass is 35.5. The highest BCUT2D eigenvalue weighted by molar-refractivity contribution is 6.36. The Morgan fingerprint density at radius 1 is 1.04 bits per heavy atom. The van der Waals surface area contributed by atoms with Gasteiger partial charge in [0.05, 0.1) is 22.3 Å². The molecule has 28 heavy (non-hydrogen) atoms. The van der Waals surface area contributed by atoms with Crippen LogP contribution in [0.1, 0.15) is 33.3 Å². The lowest BCUT2D eigenvalue weighted by molar-refractivity contribution is 0.0924. The SMILES string of the molecule is CCn1c2ccccc2n2c3c(c(C#N)c12)C(=O)N(c1cccc(Cl)c1)C3=O. The predicted octanol–water partition coefficient (Wildman–Crippen LogP) is 4.24. The maximum absolute atomic E-state index is 13.3. The molecule has 1 aliphatic heterocycles. The van der Waals surface area contributed by atoms with E-state index in [4.69, 9.17) is 11.6 Å². The molecule has 7 heteroatoms. The van der Waals surface area contributed by atoms with Gasteiger partial charge in [-0.3, -0.25) is 14.0 Å². The van der Waals surface area contributed by atoms with Crippen molar-refractivity contribution in [3.63, 3.8) is 0 Å². The number of imide groups is 1. The number of para-hydroxylation sites is 2. The molecular formula is C21H13ClN4O2. The van der Waals surface area contributed by atoms with Crippen LogP contribution in [0.2, 0.25) is 5.02 Å². The number of anilines is 1. The number of imidazole rings is 1. The first kappa shape index (κ1) is 16.6. The summed E-state index contributed by atoms with van der Waals surface area (Å²) in [6.07, 6.45) is 0. The summed E-state index contributed by atoms with van der Waals surface area (Å²) in [5, 5.41) is 10.3. The molecule has 0 aliphatic carbocycles. The average Bonchev–Trinajstić information content (AvgIpc) is 3.27. The minimum atomic E-state index is -0.505. The molecule has 136 valence electrons. The Hall–Kier alpha value is -3.56. The molecule has 3 heterocycles. The van der Waals surface area contributed by atoms with Crippen LogP contribution in [-0.2, 0) is 6.54 Å². The minimum Gasteiger partial charge on any atom is -0.325 e. The quantitative estimate of drug-likeness (QED) is 0.482. The second-order valence-corrected chi connectivity index (χ2v) is 6.96. The molecule has 1 aliphatic rings. The van der Waals surface area contributed by atoms with Crippen molar-refractivity contribution in [2.45, 2.75) is 13.5 Å². The number of nitriles is 1. The standard InChI is InChI=1S/C21H13ClN4O2/c1-2-24-15-8-3-4-9-16(15)26-18-17(14(11-23)19(24)26)20(27)25(21(18)28)13-7-5-6-12(22)10-13/h3-10H,2H2,1H3. The number of aryl methyl sites for hydroxylation is 1. The maximum Gasteiger partial charge on any atom is 0.283 e. The van der Waals surface area contributed by atoms with Gasteiger partial charge in [-0.15, -0.1) is 0 Å². The third kappa shape index (κ3) is 1.91. The Morgan fingerprint density at radius 2 is 1.79 bits per heavy atom. The highest BCUT2D eigenvalue weighted by Crippen LogP contribution is 2.37. The van der Waals surface area contributed by atoms with Crippen molar-refractivity contribution < 1.29 is 9.59 Å². The van der Waals surface area contributed by atoms with Gasteiger partial charge in [0.1, 0.15) is 23.0 Å². The van der Waals surface area contributed by atoms with Gasteiger partial charge in [-0.25, -0.2) is 4.90 Å². The van der Waals surface area contributed by atoms with Gasteiger partial charge in [0.2, 0.25) is 0 Å². The normalized spacial score (nSPS) is 13.5. The Kier molecular flexibility index (Phi) is 3.39. The van der Waals surface area contributed by atoms with Crippen molar-refractivity contribution in [2.75, 3.05) is 4.90 Å². The molecule has 0 N–H and O–H groups in total. The van der Waals surface area contributed by atoms with Gasteiger partial charge in [-0.2, -0.15) is 5.26 Å². The molecule has 0 spiro atoms. The van der Waals surface area contributed by atoms with E-state index in [9.17, 15) is 14.9 Å². The highest BCUT2D eigenvalue weighted by Gasteiger charge is 2.44. The van der Waals surface area contributed by atoms with Crippen molar-refractivity contribution in [3.05, 3.63) is 70.4 Å². The number of carbonyl (C=O) groups excluding carboxylic acids is 2. The molecular weight excluding hydrogens is 376 g/mol. The number of hydrogen-bond acceptors (Lipinski definition) is 3. The molecule has 0 saturated heterocycles. The topological polar surface area (TPSA) is 70.5 Å². The summed E-state index contributed by atoms with van der Waals surface area (Å²) < 4.78 is 3.69. The number of aromatic nitrogens is 2. The third-order valence-corrected chi connectivity index (χ3v) is 5.37. The summed E-state index contributed by atoms with van der Waals surface area (Å²) in [7, 11) is 0. The Bertz CT molecular complexity index is 1370. The van der Waals surface area contributed by atoms with Gasteiger partial charge >= 0.3 is 0 Å². The first-order valence-corrected chi connectivity index (χ1v) is 9.16. The lowest BCUT2D eigenvalue weighted by Gasteiger charge is -2.14. The van der Waals surface area contributed by atoms with Crippen molar-refractivity contribution >= 4 is 45.8 Å². The summed E-state index contributed by atoms with van der Waals surface area (Å²) in [5.74, 6) is -0.966. The van der Waals surface area contributed by atoms with Crippen LogP contribution in [0.25, 0.3) is 16.7 Å². The number of halogens is 1. The fourth-order valence-electron chi connectivity index (χ4n) is 4.04. The molecule has 0 atom stereocenters. The number of fused-ring (bicyclic) bond motifs is 5. The van der Waals surface area contributed by atoms with E-state index in [0.29, 0.717) is 22.9 Å². The van der Waals surface area contributed by atoms with E-state index < -0.39 is 11.8 Å². The fraction of sp³-hybridized carbons (Fsp3) is 0.0952. The molecule has 4 aromatic rings. The van der Waals surface area contributed by atoms with Gasteiger partial charge in [0, 0.05) is 11.6 Å². The Balaban J connectivity index is 1.89. The van der Waals surface area contributed by atoms with Crippen LogP contribution in [0.3, 0.4) is 0 Å². The van der Waals surface area contributed by atoms with Crippen LogP contribution >= 0.6 is 11.6 Å². The molecule has 0 radical (unpaired) electrons. The van der Waals surface area contributed by atoms with Gasteiger partial charge < -0.3 is 4.57 Å². The van der Waals surface area contributed by atoms with Gasteiger partial charge in [0.15, 0.2) is 0 Å². The molecule has 0 unspecified atom stereocenters. The number of rotatable bonds is 2. The largest absolute Gasteiger partial charge is 0.325 e. The van der Waals surface area contributed by atoms with Crippen molar-refractivity contribution in [2.24, 2.45) is 0 Å². The first-order chi connectivity index (χ1) is 13.6. The van der Waals surface area contributed by atoms with Gasteiger partial charge in [-0.1, -0.05) is 29.8 Å². The summed E-state index contributed by atoms with van der Waals surface area (Å²) >= 11 is 6.05. The van der Waals surface area contributed by atoms with Crippen LogP contribution in [0.4, 0.5) is 5.69 Å². The molecule has 2 aromatic heterocycles. The number of hydrogen-bond donors (Lipinski definition) is 0. The van der Waals surface area contributed by atoms with Crippen molar-refractivity contribution in [3.8, 4) is 6.07 Å². The van der Waals surface area contributed by atoms with E-state index in [0.717, 1.165) is 15.9 Å². The van der Waals surface area contributed by atoms with Crippen LogP contribution in [0.15, 0.2) is 48.5 Å². The maximum atomic E-state index is 13.3. The summed E-state index contributed by atoms with van der Waals surface area (Å²) in [4.78, 5) is 27.6. The zero-order valence-corrected chi connectivity index (χ0v) is 15.6. The lowest BCUT2D eigenvalue weighted by Crippen LogP contribution is -2.30. The molecule has 6 nitrogen and oxygen atoms in total. The van der Waals surface area contributed by atoms with E-state index in [1.807, 2.05) is 35.8 Å². The Morgan fingerprint density at radius 3 is 2.46 bits per heavy atom. The fourth-order valence-corrected chi connectivity index (χ4v) is 4.23. The van der Waals surface area contributed by atoms with Crippen molar-refractivity contribution in [1.29, 1.82) is 5.26 Å². The van der Waals surface area contributed by atoms with E-state index in [1.165, 1.54) is 0 Å². The second kappa shape index (κ2) is 5.72. The molecule has 0 fully saturated rings. The number of nitrogens with zero attached hydrogens (tertiary/aromatic N) is 4. The monoisotopic (exact) mass is 388 g/mol. The van der Waals surface area contributed by atoms with E-state index >= 15 is 0 Å². The third-order valence-electron chi connectivity index (χ3n) is 5.13. The van der Waals surface area contributed by atoms with Gasteiger partial charge in [-0.05, 0) is 37.3 Å². The smallest absolute Gasteiger partial charge is 0.283 e. The van der Waals surface area contributed by atoms with E-state index in [2.05, 4.69) is 6.07 Å². The van der Waals surface area contributed by atoms with Crippen LogP contribution < -0.4 is 4.90 Å². The van der Waals surface area contributed by atoms with E-state index in [-0.39, 0.29) is 16.8 Å². The summed E-state index contributed by atoms with van der Waals surface area (Å²) in [6.45, 7) is 2.57. The zero-order valence-electron chi connectivity index (χ0n) is 14.8. The van der Waals surface area contributed by atoms with Crippen molar-refractivity contribution in [1.82, 2.24) is 8.97 Å². The van der Waals surface area contributed by atoms with E-state index in [1.54, 1.807) is 28.7 Å². The number of benzene rings is 2. The molecule has 2 amide bonds. The van der Waals surface area contributed by atoms with Crippen LogP contribution in [-0.4, -0.2) is 20.8 Å². The minimum absolute atomic E-state index is 0.149. The second-order valence-electron chi connectivity index (χ2n) is 6.53. The molecule has 0 saturated carbocycles. The number of amides is 2. The Labute approximate surface area is 164 Å². The van der Waals surface area contributed by atoms with Crippen LogP contribution in [0, 0.1) is 11.3 Å². The van der Waals surface area contributed by atoms with Crippen LogP contribution in [0.5, 0.6) is 0 Å². The predicted molar refractivity (Wildman–Crippen MR) is 106 cm³/mol. The summed E-state index contributed by atoms with van der Waals surface area (Å²) in [5.41, 5.74) is 3.23.